The van der Waals surface area contributed by atoms with Crippen LogP contribution in [0.4, 0.5) is 5.69 Å². The van der Waals surface area contributed by atoms with E-state index >= 15 is 0 Å². The van der Waals surface area contributed by atoms with Crippen LogP contribution < -0.4 is 4.90 Å². The average Bonchev–Trinajstić information content (AvgIpc) is 2.78. The van der Waals surface area contributed by atoms with Gasteiger partial charge < -0.3 is 0 Å². The van der Waals surface area contributed by atoms with E-state index in [4.69, 9.17) is 0 Å². The fourth-order valence-corrected chi connectivity index (χ4v) is 5.07. The van der Waals surface area contributed by atoms with Gasteiger partial charge in [-0.3, -0.25) is 14.5 Å². The molecule has 1 aliphatic heterocycles. The zero-order valence-electron chi connectivity index (χ0n) is 18.1. The molecule has 3 aromatic rings. The summed E-state index contributed by atoms with van der Waals surface area (Å²) >= 11 is 0. The standard InChI is InChI=1S/C28H27NO2/c1-18(2)19-13-15-21(16-14-19)23-17-27(31)29(25-11-6-12-26(30)28(23)25)24-10-5-8-20-7-3-4-9-22(20)24/h3-5,7-10,13-16,18,23H,6,11-12,17H2,1-2H3. The Hall–Kier alpha value is -3.20. The number of carbonyl (C=O) groups is 2. The Labute approximate surface area is 183 Å². The molecule has 1 amide bonds. The molecule has 3 heteroatoms. The van der Waals surface area contributed by atoms with Gasteiger partial charge in [-0.05, 0) is 41.3 Å². The number of carbonyl (C=O) groups excluding carboxylic acids is 2. The predicted molar refractivity (Wildman–Crippen MR) is 125 cm³/mol. The Morgan fingerprint density at radius 2 is 1.61 bits per heavy atom. The summed E-state index contributed by atoms with van der Waals surface area (Å²) in [6, 6.07) is 22.7. The number of hydrogen-bond donors (Lipinski definition) is 0. The highest BCUT2D eigenvalue weighted by Crippen LogP contribution is 2.44. The number of anilines is 1. The van der Waals surface area contributed by atoms with Crippen molar-refractivity contribution < 1.29 is 9.59 Å². The van der Waals surface area contributed by atoms with E-state index in [0.717, 1.165) is 46.1 Å². The number of fused-ring (bicyclic) bond motifs is 1. The first-order valence-electron chi connectivity index (χ1n) is 11.2. The van der Waals surface area contributed by atoms with Crippen molar-refractivity contribution in [1.29, 1.82) is 0 Å². The maximum absolute atomic E-state index is 13.5. The van der Waals surface area contributed by atoms with Crippen molar-refractivity contribution in [3.05, 3.63) is 89.1 Å². The van der Waals surface area contributed by atoms with E-state index in [1.807, 2.05) is 29.2 Å². The van der Waals surface area contributed by atoms with Crippen LogP contribution in [0.3, 0.4) is 0 Å². The lowest BCUT2D eigenvalue weighted by atomic mass is 9.76. The van der Waals surface area contributed by atoms with Gasteiger partial charge in [0.2, 0.25) is 5.91 Å². The van der Waals surface area contributed by atoms with Gasteiger partial charge in [0.05, 0.1) is 5.69 Å². The number of nitrogens with zero attached hydrogens (tertiary/aromatic N) is 1. The molecular formula is C28H27NO2. The molecule has 0 N–H and O–H groups in total. The molecule has 0 spiro atoms. The molecule has 1 heterocycles. The summed E-state index contributed by atoms with van der Waals surface area (Å²) in [6.45, 7) is 4.35. The molecule has 5 rings (SSSR count). The van der Waals surface area contributed by atoms with Gasteiger partial charge in [-0.25, -0.2) is 0 Å². The topological polar surface area (TPSA) is 37.4 Å². The maximum atomic E-state index is 13.5. The second kappa shape index (κ2) is 7.81. The monoisotopic (exact) mass is 409 g/mol. The lowest BCUT2D eigenvalue weighted by molar-refractivity contribution is -0.119. The third kappa shape index (κ3) is 3.38. The van der Waals surface area contributed by atoms with Gasteiger partial charge in [-0.15, -0.1) is 0 Å². The first-order valence-corrected chi connectivity index (χ1v) is 11.2. The molecule has 1 atom stereocenters. The first-order chi connectivity index (χ1) is 15.0. The minimum atomic E-state index is -0.150. The van der Waals surface area contributed by atoms with E-state index in [1.165, 1.54) is 5.56 Å². The molecule has 3 nitrogen and oxygen atoms in total. The van der Waals surface area contributed by atoms with Crippen molar-refractivity contribution in [3.8, 4) is 0 Å². The van der Waals surface area contributed by atoms with E-state index in [9.17, 15) is 9.59 Å². The second-order valence-corrected chi connectivity index (χ2v) is 8.94. The van der Waals surface area contributed by atoms with Gasteiger partial charge in [-0.2, -0.15) is 0 Å². The lowest BCUT2D eigenvalue weighted by Crippen LogP contribution is -2.40. The third-order valence-electron chi connectivity index (χ3n) is 6.69. The predicted octanol–water partition coefficient (Wildman–Crippen LogP) is 6.49. The number of rotatable bonds is 3. The molecule has 2 aliphatic rings. The first kappa shape index (κ1) is 19.7. The van der Waals surface area contributed by atoms with Crippen molar-refractivity contribution in [2.75, 3.05) is 4.90 Å². The molecule has 0 bridgehead atoms. The molecule has 1 unspecified atom stereocenters. The number of Topliss-reactive ketones (excluding diaryl/α,β-unsaturated/α-hetero) is 1. The van der Waals surface area contributed by atoms with Crippen LogP contribution >= 0.6 is 0 Å². The summed E-state index contributed by atoms with van der Waals surface area (Å²) < 4.78 is 0. The summed E-state index contributed by atoms with van der Waals surface area (Å²) in [4.78, 5) is 28.5. The van der Waals surface area contributed by atoms with Gasteiger partial charge in [-0.1, -0.05) is 74.5 Å². The molecule has 0 fully saturated rings. The van der Waals surface area contributed by atoms with Gasteiger partial charge in [0.15, 0.2) is 5.78 Å². The Balaban J connectivity index is 1.66. The number of ketones is 1. The molecule has 0 radical (unpaired) electrons. The van der Waals surface area contributed by atoms with Crippen LogP contribution in [0.1, 0.15) is 62.5 Å². The maximum Gasteiger partial charge on any atom is 0.232 e. The highest BCUT2D eigenvalue weighted by atomic mass is 16.2. The van der Waals surface area contributed by atoms with Crippen LogP contribution in [-0.2, 0) is 9.59 Å². The van der Waals surface area contributed by atoms with Crippen LogP contribution in [-0.4, -0.2) is 11.7 Å². The van der Waals surface area contributed by atoms with E-state index in [1.54, 1.807) is 0 Å². The van der Waals surface area contributed by atoms with Gasteiger partial charge in [0, 0.05) is 35.4 Å². The zero-order chi connectivity index (χ0) is 21.5. The SMILES string of the molecule is CC(C)c1ccc(C2CC(=O)N(c3cccc4ccccc34)C3=C2C(=O)CCC3)cc1. The van der Waals surface area contributed by atoms with Crippen LogP contribution in [0.2, 0.25) is 0 Å². The summed E-state index contributed by atoms with van der Waals surface area (Å²) in [5.41, 5.74) is 4.97. The van der Waals surface area contributed by atoms with E-state index in [-0.39, 0.29) is 17.6 Å². The molecule has 31 heavy (non-hydrogen) atoms. The largest absolute Gasteiger partial charge is 0.294 e. The van der Waals surface area contributed by atoms with E-state index < -0.39 is 0 Å². The van der Waals surface area contributed by atoms with E-state index in [0.29, 0.717) is 18.8 Å². The highest BCUT2D eigenvalue weighted by Gasteiger charge is 2.40. The summed E-state index contributed by atoms with van der Waals surface area (Å²) in [6.07, 6.45) is 2.45. The number of allylic oxidation sites excluding steroid dienone is 2. The van der Waals surface area contributed by atoms with Crippen LogP contribution in [0.5, 0.6) is 0 Å². The lowest BCUT2D eigenvalue weighted by Gasteiger charge is -2.38. The van der Waals surface area contributed by atoms with Crippen molar-refractivity contribution in [2.24, 2.45) is 0 Å². The Kier molecular flexibility index (Phi) is 4.97. The molecule has 0 aromatic heterocycles. The third-order valence-corrected chi connectivity index (χ3v) is 6.69. The fourth-order valence-electron chi connectivity index (χ4n) is 5.07. The smallest absolute Gasteiger partial charge is 0.232 e. The Morgan fingerprint density at radius 1 is 0.871 bits per heavy atom. The Morgan fingerprint density at radius 3 is 2.39 bits per heavy atom. The number of benzene rings is 3. The molecular weight excluding hydrogens is 382 g/mol. The van der Waals surface area contributed by atoms with Crippen LogP contribution in [0, 0.1) is 0 Å². The van der Waals surface area contributed by atoms with Crippen molar-refractivity contribution >= 4 is 28.2 Å². The van der Waals surface area contributed by atoms with Crippen molar-refractivity contribution in [1.82, 2.24) is 0 Å². The summed E-state index contributed by atoms with van der Waals surface area (Å²) in [5, 5.41) is 2.14. The number of hydrogen-bond acceptors (Lipinski definition) is 2. The van der Waals surface area contributed by atoms with Crippen LogP contribution in [0.25, 0.3) is 10.8 Å². The average molecular weight is 410 g/mol. The Bertz CT molecular complexity index is 1200. The molecule has 3 aromatic carbocycles. The minimum absolute atomic E-state index is 0.0720. The normalized spacial score (nSPS) is 19.3. The molecule has 0 saturated heterocycles. The molecule has 1 aliphatic carbocycles. The second-order valence-electron chi connectivity index (χ2n) is 8.94. The highest BCUT2D eigenvalue weighted by molar-refractivity contribution is 6.11. The van der Waals surface area contributed by atoms with E-state index in [2.05, 4.69) is 56.3 Å². The van der Waals surface area contributed by atoms with Gasteiger partial charge >= 0.3 is 0 Å². The fraction of sp³-hybridized carbons (Fsp3) is 0.286. The van der Waals surface area contributed by atoms with Crippen molar-refractivity contribution in [2.45, 2.75) is 51.4 Å². The summed E-state index contributed by atoms with van der Waals surface area (Å²) in [7, 11) is 0. The quantitative estimate of drug-likeness (QED) is 0.496. The zero-order valence-corrected chi connectivity index (χ0v) is 18.1. The van der Waals surface area contributed by atoms with Crippen molar-refractivity contribution in [3.63, 3.8) is 0 Å². The number of amides is 1. The molecule has 0 saturated carbocycles. The van der Waals surface area contributed by atoms with Crippen LogP contribution in [0.15, 0.2) is 78.0 Å². The van der Waals surface area contributed by atoms with Gasteiger partial charge in [0.25, 0.3) is 0 Å². The summed E-state index contributed by atoms with van der Waals surface area (Å²) in [5.74, 6) is 0.567. The van der Waals surface area contributed by atoms with Gasteiger partial charge in [0.1, 0.15) is 0 Å². The minimum Gasteiger partial charge on any atom is -0.294 e. The molecule has 156 valence electrons.